The molecule has 25 heavy (non-hydrogen) atoms. The van der Waals surface area contributed by atoms with Gasteiger partial charge in [0.15, 0.2) is 0 Å². The van der Waals surface area contributed by atoms with Gasteiger partial charge in [-0.1, -0.05) is 30.3 Å². The highest BCUT2D eigenvalue weighted by Gasteiger charge is 2.40. The van der Waals surface area contributed by atoms with Gasteiger partial charge in [-0.25, -0.2) is 0 Å². The monoisotopic (exact) mass is 351 g/mol. The minimum absolute atomic E-state index is 0.0470. The molecule has 1 amide bonds. The molecule has 2 unspecified atom stereocenters. The Balaban J connectivity index is 1.57. The van der Waals surface area contributed by atoms with E-state index >= 15 is 0 Å². The van der Waals surface area contributed by atoms with Crippen LogP contribution in [-0.2, 0) is 0 Å². The Hall–Kier alpha value is -2.16. The molecule has 4 nitrogen and oxygen atoms in total. The predicted octanol–water partition coefficient (Wildman–Crippen LogP) is 3.50. The van der Waals surface area contributed by atoms with Gasteiger partial charge in [-0.3, -0.25) is 9.69 Å². The molecular weight excluding hydrogens is 330 g/mol. The highest BCUT2D eigenvalue weighted by atomic mass is 32.1. The summed E-state index contributed by atoms with van der Waals surface area (Å²) in [7, 11) is 0. The van der Waals surface area contributed by atoms with E-state index in [9.17, 15) is 10.1 Å². The van der Waals surface area contributed by atoms with Gasteiger partial charge in [-0.2, -0.15) is 5.26 Å². The molecule has 3 fully saturated rings. The second kappa shape index (κ2) is 6.62. The Kier molecular flexibility index (Phi) is 4.32. The zero-order chi connectivity index (χ0) is 17.4. The van der Waals surface area contributed by atoms with Crippen molar-refractivity contribution in [2.45, 2.75) is 31.8 Å². The van der Waals surface area contributed by atoms with Gasteiger partial charge in [0.25, 0.3) is 5.91 Å². The molecule has 5 heteroatoms. The number of piperidine rings is 3. The van der Waals surface area contributed by atoms with Crippen molar-refractivity contribution in [1.29, 1.82) is 5.26 Å². The van der Waals surface area contributed by atoms with Crippen LogP contribution in [0.25, 0.3) is 11.1 Å². The average Bonchev–Trinajstić information content (AvgIpc) is 3.10. The lowest BCUT2D eigenvalue weighted by atomic mass is 9.79. The fraction of sp³-hybridized carbons (Fsp3) is 0.400. The minimum Gasteiger partial charge on any atom is -0.347 e. The molecule has 2 atom stereocenters. The Morgan fingerprint density at radius 1 is 1.28 bits per heavy atom. The van der Waals surface area contributed by atoms with Gasteiger partial charge in [0.1, 0.15) is 10.9 Å². The van der Waals surface area contributed by atoms with Gasteiger partial charge in [-0.15, -0.1) is 11.3 Å². The molecule has 4 heterocycles. The molecule has 3 aliphatic rings. The largest absolute Gasteiger partial charge is 0.347 e. The lowest BCUT2D eigenvalue weighted by molar-refractivity contribution is 0.0218. The van der Waals surface area contributed by atoms with E-state index in [-0.39, 0.29) is 11.9 Å². The first-order valence-corrected chi connectivity index (χ1v) is 9.63. The van der Waals surface area contributed by atoms with Crippen molar-refractivity contribution in [3.63, 3.8) is 0 Å². The summed E-state index contributed by atoms with van der Waals surface area (Å²) < 4.78 is 0. The summed E-state index contributed by atoms with van der Waals surface area (Å²) >= 11 is 1.29. The van der Waals surface area contributed by atoms with E-state index in [0.29, 0.717) is 21.7 Å². The summed E-state index contributed by atoms with van der Waals surface area (Å²) in [6.07, 6.45) is 2.33. The molecule has 128 valence electrons. The van der Waals surface area contributed by atoms with Crippen molar-refractivity contribution < 1.29 is 4.79 Å². The number of carbonyl (C=O) groups excluding carboxylic acids is 1. The van der Waals surface area contributed by atoms with Crippen molar-refractivity contribution in [3.8, 4) is 17.2 Å². The highest BCUT2D eigenvalue weighted by molar-refractivity contribution is 7.15. The summed E-state index contributed by atoms with van der Waals surface area (Å²) in [6, 6.07) is 14.5. The van der Waals surface area contributed by atoms with E-state index < -0.39 is 0 Å². The third-order valence-corrected chi connectivity index (χ3v) is 6.66. The van der Waals surface area contributed by atoms with E-state index in [1.807, 2.05) is 36.4 Å². The fourth-order valence-electron chi connectivity index (χ4n) is 4.19. The summed E-state index contributed by atoms with van der Waals surface area (Å²) in [5, 5.41) is 12.7. The van der Waals surface area contributed by atoms with Gasteiger partial charge in [-0.05, 0) is 50.4 Å². The molecule has 0 aliphatic carbocycles. The number of hydrogen-bond donors (Lipinski definition) is 1. The molecule has 1 N–H and O–H groups in total. The number of nitriles is 1. The number of carbonyl (C=O) groups is 1. The number of nitrogens with one attached hydrogen (secondary N) is 1. The minimum atomic E-state index is -0.0470. The molecule has 0 spiro atoms. The van der Waals surface area contributed by atoms with E-state index in [4.69, 9.17) is 0 Å². The molecule has 5 rings (SSSR count). The van der Waals surface area contributed by atoms with Gasteiger partial charge in [0.05, 0.1) is 4.88 Å². The summed E-state index contributed by atoms with van der Waals surface area (Å²) in [4.78, 5) is 16.5. The van der Waals surface area contributed by atoms with Gasteiger partial charge >= 0.3 is 0 Å². The van der Waals surface area contributed by atoms with Crippen LogP contribution in [0.1, 0.15) is 34.3 Å². The molecule has 3 aliphatic heterocycles. The molecular formula is C20H21N3OS. The van der Waals surface area contributed by atoms with Gasteiger partial charge < -0.3 is 5.32 Å². The van der Waals surface area contributed by atoms with Crippen LogP contribution in [0, 0.1) is 17.2 Å². The van der Waals surface area contributed by atoms with Crippen LogP contribution in [0.4, 0.5) is 0 Å². The number of fused-ring (bicyclic) bond motifs is 3. The molecule has 1 aromatic carbocycles. The van der Waals surface area contributed by atoms with E-state index in [0.717, 1.165) is 24.2 Å². The van der Waals surface area contributed by atoms with Crippen molar-refractivity contribution in [1.82, 2.24) is 10.2 Å². The van der Waals surface area contributed by atoms with Crippen LogP contribution in [0.5, 0.6) is 0 Å². The normalized spacial score (nSPS) is 27.7. The number of amides is 1. The Bertz CT molecular complexity index is 813. The molecule has 0 radical (unpaired) electrons. The predicted molar refractivity (Wildman–Crippen MR) is 99.5 cm³/mol. The first kappa shape index (κ1) is 16.3. The lowest BCUT2D eigenvalue weighted by Crippen LogP contribution is -2.62. The van der Waals surface area contributed by atoms with Crippen LogP contribution in [-0.4, -0.2) is 36.0 Å². The quantitative estimate of drug-likeness (QED) is 0.921. The smallest absolute Gasteiger partial charge is 0.261 e. The lowest BCUT2D eigenvalue weighted by Gasteiger charge is -2.49. The van der Waals surface area contributed by atoms with Crippen LogP contribution in [0.3, 0.4) is 0 Å². The zero-order valence-electron chi connectivity index (χ0n) is 14.2. The number of hydrogen-bond acceptors (Lipinski definition) is 4. The van der Waals surface area contributed by atoms with Crippen molar-refractivity contribution in [2.75, 3.05) is 13.1 Å². The molecule has 1 aromatic heterocycles. The maximum atomic E-state index is 12.8. The van der Waals surface area contributed by atoms with E-state index in [2.05, 4.69) is 23.2 Å². The Labute approximate surface area is 152 Å². The van der Waals surface area contributed by atoms with Crippen LogP contribution < -0.4 is 5.32 Å². The van der Waals surface area contributed by atoms with E-state index in [1.165, 1.54) is 24.2 Å². The van der Waals surface area contributed by atoms with Crippen LogP contribution in [0.15, 0.2) is 36.4 Å². The Morgan fingerprint density at radius 3 is 2.64 bits per heavy atom. The molecule has 2 bridgehead atoms. The third-order valence-electron chi connectivity index (χ3n) is 5.62. The van der Waals surface area contributed by atoms with Gasteiger partial charge in [0.2, 0.25) is 0 Å². The fourth-order valence-corrected chi connectivity index (χ4v) is 5.07. The second-order valence-corrected chi connectivity index (χ2v) is 8.00. The maximum Gasteiger partial charge on any atom is 0.261 e. The SMILES string of the molecule is CC1C(NC(=O)c2cc(-c3ccccc3)c(C#N)s2)C2CCN1CC2. The number of nitrogens with zero attached hydrogens (tertiary/aromatic N) is 2. The maximum absolute atomic E-state index is 12.8. The Morgan fingerprint density at radius 2 is 2.00 bits per heavy atom. The zero-order valence-corrected chi connectivity index (χ0v) is 15.1. The topological polar surface area (TPSA) is 56.1 Å². The van der Waals surface area contributed by atoms with E-state index in [1.54, 1.807) is 0 Å². The second-order valence-electron chi connectivity index (χ2n) is 6.94. The summed E-state index contributed by atoms with van der Waals surface area (Å²) in [5.41, 5.74) is 1.82. The van der Waals surface area contributed by atoms with Crippen molar-refractivity contribution in [2.24, 2.45) is 5.92 Å². The first-order chi connectivity index (χ1) is 12.2. The summed E-state index contributed by atoms with van der Waals surface area (Å²) in [6.45, 7) is 4.50. The standard InChI is InChI=1S/C20H21N3OS/c1-13-19(15-7-9-23(13)10-8-15)22-20(24)17-11-16(18(12-21)25-17)14-5-3-2-4-6-14/h2-6,11,13,15,19H,7-10H2,1H3,(H,22,24). The number of thiophene rings is 1. The van der Waals surface area contributed by atoms with Gasteiger partial charge in [0, 0.05) is 17.6 Å². The van der Waals surface area contributed by atoms with Crippen LogP contribution >= 0.6 is 11.3 Å². The molecule has 2 aromatic rings. The summed E-state index contributed by atoms with van der Waals surface area (Å²) in [5.74, 6) is 0.530. The number of rotatable bonds is 3. The first-order valence-electron chi connectivity index (χ1n) is 8.81. The number of benzene rings is 1. The third kappa shape index (κ3) is 2.97. The molecule has 3 saturated heterocycles. The van der Waals surface area contributed by atoms with Crippen molar-refractivity contribution in [3.05, 3.63) is 46.2 Å². The van der Waals surface area contributed by atoms with Crippen LogP contribution in [0.2, 0.25) is 0 Å². The average molecular weight is 351 g/mol. The molecule has 0 saturated carbocycles. The van der Waals surface area contributed by atoms with Crippen molar-refractivity contribution >= 4 is 17.2 Å². The highest BCUT2D eigenvalue weighted by Crippen LogP contribution is 2.34.